The molecule has 0 saturated carbocycles. The van der Waals surface area contributed by atoms with Gasteiger partial charge in [0, 0.05) is 44.9 Å². The molecular weight excluding hydrogens is 567 g/mol. The minimum atomic E-state index is -3.59. The van der Waals surface area contributed by atoms with E-state index in [1.165, 1.54) is 24.3 Å². The second-order valence-electron chi connectivity index (χ2n) is 10.1. The van der Waals surface area contributed by atoms with Gasteiger partial charge in [0.1, 0.15) is 11.9 Å². The summed E-state index contributed by atoms with van der Waals surface area (Å²) < 4.78 is 40.7. The molecule has 8 nitrogen and oxygen atoms in total. The van der Waals surface area contributed by atoms with Crippen molar-refractivity contribution in [1.29, 1.82) is 0 Å². The van der Waals surface area contributed by atoms with Gasteiger partial charge in [0.25, 0.3) is 0 Å². The Bertz CT molecular complexity index is 1580. The number of rotatable bonds is 14. The Morgan fingerprint density at radius 2 is 1.53 bits per heavy atom. The number of hydrogen-bond donors (Lipinski definition) is 2. The number of aromatic nitrogens is 1. The predicted molar refractivity (Wildman–Crippen MR) is 163 cm³/mol. The van der Waals surface area contributed by atoms with E-state index in [9.17, 15) is 22.4 Å². The van der Waals surface area contributed by atoms with Crippen molar-refractivity contribution in [1.82, 2.24) is 19.9 Å². The Morgan fingerprint density at radius 3 is 2.19 bits per heavy atom. The van der Waals surface area contributed by atoms with Crippen LogP contribution in [0.3, 0.4) is 0 Å². The summed E-state index contributed by atoms with van der Waals surface area (Å²) in [4.78, 5) is 33.4. The molecule has 0 unspecified atom stereocenters. The van der Waals surface area contributed by atoms with Gasteiger partial charge in [-0.3, -0.25) is 14.6 Å². The third kappa shape index (κ3) is 9.29. The van der Waals surface area contributed by atoms with Crippen LogP contribution in [0.1, 0.15) is 35.6 Å². The number of aryl methyl sites for hydroxylation is 1. The summed E-state index contributed by atoms with van der Waals surface area (Å²) in [5.41, 5.74) is 3.18. The van der Waals surface area contributed by atoms with E-state index in [1.807, 2.05) is 36.4 Å². The molecule has 43 heavy (non-hydrogen) atoms. The molecule has 0 aliphatic carbocycles. The number of nitrogens with one attached hydrogen (secondary N) is 2. The zero-order valence-corrected chi connectivity index (χ0v) is 24.8. The highest BCUT2D eigenvalue weighted by Crippen LogP contribution is 2.18. The SMILES string of the molecule is CCNS(=O)(=O)c1ccc(CCC(=O)N(Cc2ccc(F)cc2)[C@H](Cc2ccccc2)C(=O)NCc2cccnc2)cc1. The fourth-order valence-electron chi connectivity index (χ4n) is 4.65. The molecule has 0 bridgehead atoms. The van der Waals surface area contributed by atoms with Crippen LogP contribution >= 0.6 is 0 Å². The van der Waals surface area contributed by atoms with Crippen molar-refractivity contribution in [2.45, 2.75) is 50.2 Å². The van der Waals surface area contributed by atoms with Gasteiger partial charge in [-0.1, -0.05) is 67.6 Å². The molecule has 1 aromatic heterocycles. The predicted octanol–water partition coefficient (Wildman–Crippen LogP) is 4.41. The highest BCUT2D eigenvalue weighted by molar-refractivity contribution is 7.89. The number of halogens is 1. The van der Waals surface area contributed by atoms with Gasteiger partial charge in [-0.05, 0) is 59.0 Å². The second kappa shape index (κ2) is 15.2. The van der Waals surface area contributed by atoms with Gasteiger partial charge in [0.15, 0.2) is 0 Å². The van der Waals surface area contributed by atoms with Crippen molar-refractivity contribution < 1.29 is 22.4 Å². The van der Waals surface area contributed by atoms with E-state index in [-0.39, 0.29) is 49.2 Å². The van der Waals surface area contributed by atoms with Crippen molar-refractivity contribution in [3.05, 3.63) is 131 Å². The van der Waals surface area contributed by atoms with Crippen molar-refractivity contribution in [2.75, 3.05) is 6.54 Å². The minimum Gasteiger partial charge on any atom is -0.350 e. The maximum absolute atomic E-state index is 13.9. The Kier molecular flexibility index (Phi) is 11.1. The summed E-state index contributed by atoms with van der Waals surface area (Å²) >= 11 is 0. The normalized spacial score (nSPS) is 12.0. The summed E-state index contributed by atoms with van der Waals surface area (Å²) in [6.45, 7) is 2.34. The van der Waals surface area contributed by atoms with Crippen LogP contribution in [0.25, 0.3) is 0 Å². The largest absolute Gasteiger partial charge is 0.350 e. The maximum atomic E-state index is 13.9. The van der Waals surface area contributed by atoms with Gasteiger partial charge in [-0.25, -0.2) is 17.5 Å². The zero-order chi connectivity index (χ0) is 30.7. The molecule has 0 radical (unpaired) electrons. The monoisotopic (exact) mass is 602 g/mol. The van der Waals surface area contributed by atoms with Crippen LogP contribution in [0.2, 0.25) is 0 Å². The molecule has 0 aliphatic heterocycles. The minimum absolute atomic E-state index is 0.0850. The number of carbonyl (C=O) groups excluding carboxylic acids is 2. The first kappa shape index (κ1) is 31.5. The molecular formula is C33H35FN4O4S. The second-order valence-corrected chi connectivity index (χ2v) is 11.8. The van der Waals surface area contributed by atoms with Crippen LogP contribution in [0.4, 0.5) is 4.39 Å². The summed E-state index contributed by atoms with van der Waals surface area (Å²) in [7, 11) is -3.59. The molecule has 0 fully saturated rings. The summed E-state index contributed by atoms with van der Waals surface area (Å²) in [6.07, 6.45) is 4.03. The van der Waals surface area contributed by atoms with Gasteiger partial charge in [-0.15, -0.1) is 0 Å². The Morgan fingerprint density at radius 1 is 0.860 bits per heavy atom. The summed E-state index contributed by atoms with van der Waals surface area (Å²) in [5.74, 6) is -0.969. The average molecular weight is 603 g/mol. The number of pyridine rings is 1. The molecule has 2 N–H and O–H groups in total. The third-order valence-corrected chi connectivity index (χ3v) is 8.48. The van der Waals surface area contributed by atoms with Gasteiger partial charge >= 0.3 is 0 Å². The molecule has 224 valence electrons. The Hall–Kier alpha value is -4.41. The van der Waals surface area contributed by atoms with Gasteiger partial charge in [-0.2, -0.15) is 0 Å². The van der Waals surface area contributed by atoms with Crippen molar-refractivity contribution in [3.8, 4) is 0 Å². The maximum Gasteiger partial charge on any atom is 0.243 e. The lowest BCUT2D eigenvalue weighted by Crippen LogP contribution is -2.50. The lowest BCUT2D eigenvalue weighted by atomic mass is 10.0. The number of benzene rings is 3. The zero-order valence-electron chi connectivity index (χ0n) is 23.9. The van der Waals surface area contributed by atoms with Gasteiger partial charge in [0.05, 0.1) is 4.90 Å². The molecule has 10 heteroatoms. The molecule has 4 aromatic rings. The molecule has 0 aliphatic rings. The standard InChI is InChI=1S/C33H35FN4O4S/c1-2-37-43(41,42)30-17-12-25(13-18-30)14-19-32(39)38(24-27-10-15-29(34)16-11-27)31(21-26-7-4-3-5-8-26)33(40)36-23-28-9-6-20-35-22-28/h3-13,15-18,20,22,31,37H,2,14,19,21,23-24H2,1H3,(H,36,40)/t31-/m1/s1. The first-order valence-electron chi connectivity index (χ1n) is 14.1. The number of sulfonamides is 1. The molecule has 0 spiro atoms. The number of hydrogen-bond acceptors (Lipinski definition) is 5. The molecule has 4 rings (SSSR count). The Balaban J connectivity index is 1.58. The molecule has 0 saturated heterocycles. The van der Waals surface area contributed by atoms with E-state index in [4.69, 9.17) is 0 Å². The topological polar surface area (TPSA) is 108 Å². The van der Waals surface area contributed by atoms with Crippen LogP contribution in [-0.2, 0) is 45.5 Å². The van der Waals surface area contributed by atoms with Crippen LogP contribution in [0.15, 0.2) is 108 Å². The smallest absolute Gasteiger partial charge is 0.243 e. The molecule has 1 atom stereocenters. The van der Waals surface area contributed by atoms with Crippen LogP contribution < -0.4 is 10.0 Å². The quantitative estimate of drug-likeness (QED) is 0.222. The summed E-state index contributed by atoms with van der Waals surface area (Å²) in [6, 6.07) is 24.5. The van der Waals surface area contributed by atoms with Crippen molar-refractivity contribution >= 4 is 21.8 Å². The first-order chi connectivity index (χ1) is 20.7. The third-order valence-electron chi connectivity index (χ3n) is 6.92. The van der Waals surface area contributed by atoms with Crippen LogP contribution in [0, 0.1) is 5.82 Å². The lowest BCUT2D eigenvalue weighted by molar-refractivity contribution is -0.141. The van der Waals surface area contributed by atoms with E-state index in [2.05, 4.69) is 15.0 Å². The fourth-order valence-corrected chi connectivity index (χ4v) is 5.69. The number of nitrogens with zero attached hydrogens (tertiary/aromatic N) is 2. The van der Waals surface area contributed by atoms with E-state index in [1.54, 1.807) is 54.5 Å². The average Bonchev–Trinajstić information content (AvgIpc) is 3.02. The summed E-state index contributed by atoms with van der Waals surface area (Å²) in [5, 5.41) is 2.96. The molecule has 1 heterocycles. The molecule has 3 aromatic carbocycles. The van der Waals surface area contributed by atoms with Crippen LogP contribution in [-0.4, -0.2) is 42.7 Å². The Labute approximate surface area is 252 Å². The van der Waals surface area contributed by atoms with E-state index < -0.39 is 21.9 Å². The van der Waals surface area contributed by atoms with Gasteiger partial charge in [0.2, 0.25) is 21.8 Å². The van der Waals surface area contributed by atoms with E-state index >= 15 is 0 Å². The number of amides is 2. The van der Waals surface area contributed by atoms with Crippen LogP contribution in [0.5, 0.6) is 0 Å². The lowest BCUT2D eigenvalue weighted by Gasteiger charge is -2.31. The van der Waals surface area contributed by atoms with Gasteiger partial charge < -0.3 is 10.2 Å². The van der Waals surface area contributed by atoms with E-state index in [0.29, 0.717) is 12.0 Å². The van der Waals surface area contributed by atoms with Crippen molar-refractivity contribution in [2.24, 2.45) is 0 Å². The fraction of sp³-hybridized carbons (Fsp3) is 0.242. The highest BCUT2D eigenvalue weighted by atomic mass is 32.2. The molecule has 2 amide bonds. The van der Waals surface area contributed by atoms with E-state index in [0.717, 1.165) is 16.7 Å². The van der Waals surface area contributed by atoms with Crippen molar-refractivity contribution in [3.63, 3.8) is 0 Å². The first-order valence-corrected chi connectivity index (χ1v) is 15.6. The number of carbonyl (C=O) groups is 2. The highest BCUT2D eigenvalue weighted by Gasteiger charge is 2.30.